The first kappa shape index (κ1) is 11.7. The van der Waals surface area contributed by atoms with Crippen molar-refractivity contribution < 1.29 is 8.78 Å². The van der Waals surface area contributed by atoms with Crippen molar-refractivity contribution in [1.29, 1.82) is 0 Å². The lowest BCUT2D eigenvalue weighted by Gasteiger charge is -2.06. The maximum Gasteiger partial charge on any atom is 0.280 e. The minimum atomic E-state index is -2.61. The molecule has 88 valence electrons. The van der Waals surface area contributed by atoms with Crippen molar-refractivity contribution in [2.45, 2.75) is 6.43 Å². The molecule has 0 aliphatic rings. The predicted octanol–water partition coefficient (Wildman–Crippen LogP) is 3.32. The van der Waals surface area contributed by atoms with Crippen molar-refractivity contribution in [3.8, 4) is 11.1 Å². The van der Waals surface area contributed by atoms with Crippen molar-refractivity contribution in [3.63, 3.8) is 0 Å². The molecule has 17 heavy (non-hydrogen) atoms. The van der Waals surface area contributed by atoms with Gasteiger partial charge in [-0.05, 0) is 29.8 Å². The maximum atomic E-state index is 12.5. The summed E-state index contributed by atoms with van der Waals surface area (Å²) in [6, 6.07) is 6.06. The second-order valence-corrected chi connectivity index (χ2v) is 3.72. The third-order valence-electron chi connectivity index (χ3n) is 2.21. The number of alkyl halides is 2. The molecule has 2 heterocycles. The van der Waals surface area contributed by atoms with E-state index in [2.05, 4.69) is 9.97 Å². The Morgan fingerprint density at radius 2 is 2.00 bits per heavy atom. The Balaban J connectivity index is 2.49. The molecule has 0 spiro atoms. The van der Waals surface area contributed by atoms with Gasteiger partial charge in [0, 0.05) is 11.8 Å². The zero-order chi connectivity index (χ0) is 12.4. The quantitative estimate of drug-likeness (QED) is 0.838. The average Bonchev–Trinajstić information content (AvgIpc) is 2.29. The van der Waals surface area contributed by atoms with Crippen LogP contribution in [0.5, 0.6) is 0 Å². The van der Waals surface area contributed by atoms with Crippen LogP contribution < -0.4 is 5.73 Å². The standard InChI is InChI=1S/C11H8ClF2N3/c12-9-2-1-7(11(15)17-9)6-3-4-16-8(5-6)10(13)14/h1-5,10H,(H2,15,17). The summed E-state index contributed by atoms with van der Waals surface area (Å²) in [5.41, 5.74) is 6.47. The van der Waals surface area contributed by atoms with Crippen LogP contribution in [0, 0.1) is 0 Å². The van der Waals surface area contributed by atoms with Crippen LogP contribution in [0.25, 0.3) is 11.1 Å². The first-order valence-electron chi connectivity index (χ1n) is 4.74. The number of rotatable bonds is 2. The topological polar surface area (TPSA) is 51.8 Å². The Morgan fingerprint density at radius 1 is 1.24 bits per heavy atom. The van der Waals surface area contributed by atoms with E-state index in [0.29, 0.717) is 11.1 Å². The molecule has 0 bridgehead atoms. The van der Waals surface area contributed by atoms with Gasteiger partial charge in [0.15, 0.2) is 0 Å². The van der Waals surface area contributed by atoms with E-state index < -0.39 is 6.43 Å². The van der Waals surface area contributed by atoms with Gasteiger partial charge >= 0.3 is 0 Å². The Bertz CT molecular complexity index is 546. The highest BCUT2D eigenvalue weighted by Crippen LogP contribution is 2.28. The van der Waals surface area contributed by atoms with Gasteiger partial charge in [-0.1, -0.05) is 11.6 Å². The van der Waals surface area contributed by atoms with Crippen LogP contribution in [0.3, 0.4) is 0 Å². The summed E-state index contributed by atoms with van der Waals surface area (Å²) in [7, 11) is 0. The lowest BCUT2D eigenvalue weighted by atomic mass is 10.1. The number of nitrogens with two attached hydrogens (primary N) is 1. The van der Waals surface area contributed by atoms with E-state index in [0.717, 1.165) is 0 Å². The summed E-state index contributed by atoms with van der Waals surface area (Å²) in [6.07, 6.45) is -1.30. The lowest BCUT2D eigenvalue weighted by molar-refractivity contribution is 0.146. The van der Waals surface area contributed by atoms with Crippen LogP contribution in [0.1, 0.15) is 12.1 Å². The summed E-state index contributed by atoms with van der Waals surface area (Å²) in [4.78, 5) is 7.43. The fourth-order valence-electron chi connectivity index (χ4n) is 1.43. The highest BCUT2D eigenvalue weighted by atomic mass is 35.5. The number of pyridine rings is 2. The van der Waals surface area contributed by atoms with E-state index in [1.807, 2.05) is 0 Å². The predicted molar refractivity (Wildman–Crippen MR) is 61.8 cm³/mol. The summed E-state index contributed by atoms with van der Waals surface area (Å²) in [6.45, 7) is 0. The van der Waals surface area contributed by atoms with Crippen LogP contribution in [0.4, 0.5) is 14.6 Å². The molecule has 2 aromatic heterocycles. The molecule has 2 N–H and O–H groups in total. The molecule has 0 aliphatic heterocycles. The summed E-state index contributed by atoms with van der Waals surface area (Å²) in [5.74, 6) is 0.198. The number of anilines is 1. The lowest BCUT2D eigenvalue weighted by Crippen LogP contribution is -1.96. The summed E-state index contributed by atoms with van der Waals surface area (Å²) >= 11 is 5.66. The highest BCUT2D eigenvalue weighted by molar-refractivity contribution is 6.29. The van der Waals surface area contributed by atoms with Gasteiger partial charge in [0.2, 0.25) is 0 Å². The van der Waals surface area contributed by atoms with Gasteiger partial charge in [-0.3, -0.25) is 4.98 Å². The van der Waals surface area contributed by atoms with E-state index in [-0.39, 0.29) is 16.7 Å². The van der Waals surface area contributed by atoms with E-state index in [9.17, 15) is 8.78 Å². The third kappa shape index (κ3) is 2.50. The fourth-order valence-corrected chi connectivity index (χ4v) is 1.58. The van der Waals surface area contributed by atoms with Crippen molar-refractivity contribution in [3.05, 3.63) is 41.3 Å². The molecule has 3 nitrogen and oxygen atoms in total. The third-order valence-corrected chi connectivity index (χ3v) is 2.42. The number of hydrogen-bond acceptors (Lipinski definition) is 3. The van der Waals surface area contributed by atoms with Gasteiger partial charge in [-0.15, -0.1) is 0 Å². The van der Waals surface area contributed by atoms with Crippen molar-refractivity contribution in [1.82, 2.24) is 9.97 Å². The van der Waals surface area contributed by atoms with E-state index >= 15 is 0 Å². The first-order chi connectivity index (χ1) is 8.08. The van der Waals surface area contributed by atoms with Gasteiger partial charge in [0.25, 0.3) is 6.43 Å². The molecule has 0 aromatic carbocycles. The fraction of sp³-hybridized carbons (Fsp3) is 0.0909. The van der Waals surface area contributed by atoms with Crippen LogP contribution in [-0.2, 0) is 0 Å². The molecule has 0 amide bonds. The zero-order valence-electron chi connectivity index (χ0n) is 8.57. The van der Waals surface area contributed by atoms with Crippen LogP contribution in [0.2, 0.25) is 5.15 Å². The molecular weight excluding hydrogens is 248 g/mol. The average molecular weight is 256 g/mol. The molecule has 2 aromatic rings. The van der Waals surface area contributed by atoms with Crippen molar-refractivity contribution >= 4 is 17.4 Å². The van der Waals surface area contributed by atoms with Gasteiger partial charge in [0.1, 0.15) is 16.7 Å². The second-order valence-electron chi connectivity index (χ2n) is 3.34. The molecule has 0 atom stereocenters. The SMILES string of the molecule is Nc1nc(Cl)ccc1-c1ccnc(C(F)F)c1. The van der Waals surface area contributed by atoms with E-state index in [1.165, 1.54) is 12.3 Å². The smallest absolute Gasteiger partial charge is 0.280 e. The molecule has 6 heteroatoms. The normalized spacial score (nSPS) is 10.8. The number of nitrogen functional groups attached to an aromatic ring is 1. The van der Waals surface area contributed by atoms with E-state index in [4.69, 9.17) is 17.3 Å². The van der Waals surface area contributed by atoms with E-state index in [1.54, 1.807) is 18.2 Å². The van der Waals surface area contributed by atoms with Crippen LogP contribution >= 0.6 is 11.6 Å². The van der Waals surface area contributed by atoms with Crippen LogP contribution in [-0.4, -0.2) is 9.97 Å². The highest BCUT2D eigenvalue weighted by Gasteiger charge is 2.11. The molecular formula is C11H8ClF2N3. The van der Waals surface area contributed by atoms with Gasteiger partial charge in [-0.2, -0.15) is 0 Å². The van der Waals surface area contributed by atoms with Gasteiger partial charge < -0.3 is 5.73 Å². The van der Waals surface area contributed by atoms with Crippen LogP contribution in [0.15, 0.2) is 30.5 Å². The molecule has 0 saturated carbocycles. The molecule has 0 fully saturated rings. The number of nitrogens with zero attached hydrogens (tertiary/aromatic N) is 2. The Hall–Kier alpha value is -1.75. The molecule has 2 rings (SSSR count). The minimum Gasteiger partial charge on any atom is -0.383 e. The molecule has 0 aliphatic carbocycles. The molecule has 0 radical (unpaired) electrons. The van der Waals surface area contributed by atoms with Gasteiger partial charge in [-0.25, -0.2) is 13.8 Å². The zero-order valence-corrected chi connectivity index (χ0v) is 9.33. The Kier molecular flexibility index (Phi) is 3.19. The number of hydrogen-bond donors (Lipinski definition) is 1. The number of halogens is 3. The largest absolute Gasteiger partial charge is 0.383 e. The monoisotopic (exact) mass is 255 g/mol. The second kappa shape index (κ2) is 4.63. The molecule has 0 saturated heterocycles. The minimum absolute atomic E-state index is 0.198. The van der Waals surface area contributed by atoms with Crippen molar-refractivity contribution in [2.24, 2.45) is 0 Å². The van der Waals surface area contributed by atoms with Crippen molar-refractivity contribution in [2.75, 3.05) is 5.73 Å². The Morgan fingerprint density at radius 3 is 2.65 bits per heavy atom. The first-order valence-corrected chi connectivity index (χ1v) is 5.12. The molecule has 0 unspecified atom stereocenters. The summed E-state index contributed by atoms with van der Waals surface area (Å²) < 4.78 is 25.0. The number of aromatic nitrogens is 2. The van der Waals surface area contributed by atoms with Gasteiger partial charge in [0.05, 0.1) is 0 Å². The summed E-state index contributed by atoms with van der Waals surface area (Å²) in [5, 5.41) is 0.259. The Labute approximate surface area is 101 Å². The maximum absolute atomic E-state index is 12.5.